The van der Waals surface area contributed by atoms with Crippen molar-refractivity contribution in [3.8, 4) is 6.07 Å². The van der Waals surface area contributed by atoms with Gasteiger partial charge in [-0.05, 0) is 30.3 Å². The van der Waals surface area contributed by atoms with Gasteiger partial charge in [0.2, 0.25) is 5.95 Å². The molecule has 0 aliphatic heterocycles. The Morgan fingerprint density at radius 1 is 1.08 bits per heavy atom. The van der Waals surface area contributed by atoms with Gasteiger partial charge in [-0.15, -0.1) is 0 Å². The van der Waals surface area contributed by atoms with Crippen LogP contribution in [0.4, 0.5) is 16.0 Å². The van der Waals surface area contributed by atoms with Gasteiger partial charge in [0.1, 0.15) is 5.82 Å². The molecule has 3 aromatic rings. The normalized spacial score (nSPS) is 10.0. The minimum Gasteiger partial charge on any atom is -0.350 e. The number of anilines is 2. The number of carbonyl (C=O) groups excluding carboxylic acids is 1. The van der Waals surface area contributed by atoms with Crippen molar-refractivity contribution in [3.05, 3.63) is 83.4 Å². The molecule has 0 aliphatic carbocycles. The molecule has 128 valence electrons. The van der Waals surface area contributed by atoms with Gasteiger partial charge in [0.25, 0.3) is 5.91 Å². The van der Waals surface area contributed by atoms with Gasteiger partial charge in [-0.3, -0.25) is 4.79 Å². The highest BCUT2D eigenvalue weighted by Gasteiger charge is 2.08. The highest BCUT2D eigenvalue weighted by atomic mass is 19.1. The van der Waals surface area contributed by atoms with E-state index in [1.807, 2.05) is 6.07 Å². The van der Waals surface area contributed by atoms with Crippen molar-refractivity contribution in [1.82, 2.24) is 9.97 Å². The first-order valence-corrected chi connectivity index (χ1v) is 7.76. The minimum atomic E-state index is -0.365. The summed E-state index contributed by atoms with van der Waals surface area (Å²) in [7, 11) is 0. The maximum absolute atomic E-state index is 13.6. The number of amides is 1. The van der Waals surface area contributed by atoms with Gasteiger partial charge in [0.15, 0.2) is 0 Å². The lowest BCUT2D eigenvalue weighted by atomic mass is 10.2. The van der Waals surface area contributed by atoms with Crippen molar-refractivity contribution in [2.75, 3.05) is 10.6 Å². The number of carbonyl (C=O) groups is 1. The quantitative estimate of drug-likeness (QED) is 0.738. The molecule has 0 saturated carbocycles. The van der Waals surface area contributed by atoms with Crippen LogP contribution in [0.5, 0.6) is 0 Å². The average molecular weight is 347 g/mol. The molecular formula is C19H14FN5O. The number of hydrogen-bond acceptors (Lipinski definition) is 5. The smallest absolute Gasteiger partial charge is 0.258 e. The molecule has 0 aliphatic rings. The van der Waals surface area contributed by atoms with Gasteiger partial charge in [-0.1, -0.05) is 18.2 Å². The van der Waals surface area contributed by atoms with Crippen LogP contribution in [0.1, 0.15) is 21.5 Å². The summed E-state index contributed by atoms with van der Waals surface area (Å²) in [5.74, 6) is -0.378. The van der Waals surface area contributed by atoms with Crippen LogP contribution >= 0.6 is 0 Å². The zero-order valence-corrected chi connectivity index (χ0v) is 13.6. The first-order valence-electron chi connectivity index (χ1n) is 7.76. The van der Waals surface area contributed by atoms with Crippen molar-refractivity contribution < 1.29 is 9.18 Å². The van der Waals surface area contributed by atoms with Gasteiger partial charge in [0, 0.05) is 30.2 Å². The molecule has 0 radical (unpaired) electrons. The van der Waals surface area contributed by atoms with Gasteiger partial charge in [0.05, 0.1) is 17.2 Å². The molecule has 1 aromatic heterocycles. The summed E-state index contributed by atoms with van der Waals surface area (Å²) >= 11 is 0. The van der Waals surface area contributed by atoms with Crippen LogP contribution in [-0.2, 0) is 6.54 Å². The lowest BCUT2D eigenvalue weighted by Crippen LogP contribution is -2.13. The largest absolute Gasteiger partial charge is 0.350 e. The summed E-state index contributed by atoms with van der Waals surface area (Å²) in [6, 6.07) is 14.9. The molecule has 26 heavy (non-hydrogen) atoms. The third-order valence-electron chi connectivity index (χ3n) is 3.58. The summed E-state index contributed by atoms with van der Waals surface area (Å²) < 4.78 is 13.6. The second kappa shape index (κ2) is 7.85. The second-order valence-corrected chi connectivity index (χ2v) is 5.38. The summed E-state index contributed by atoms with van der Waals surface area (Å²) in [6.45, 7) is 0.240. The van der Waals surface area contributed by atoms with Crippen LogP contribution in [0.15, 0.2) is 60.9 Å². The van der Waals surface area contributed by atoms with Crippen molar-refractivity contribution in [1.29, 1.82) is 5.26 Å². The van der Waals surface area contributed by atoms with Gasteiger partial charge in [-0.2, -0.15) is 5.26 Å². The van der Waals surface area contributed by atoms with Gasteiger partial charge in [-0.25, -0.2) is 14.4 Å². The SMILES string of the molecule is N#Cc1ccc(NC(=O)c2cnc(NCc3ccccc3F)nc2)cc1. The Bertz CT molecular complexity index is 949. The van der Waals surface area contributed by atoms with Crippen LogP contribution in [0.3, 0.4) is 0 Å². The Hall–Kier alpha value is -3.79. The monoisotopic (exact) mass is 347 g/mol. The van der Waals surface area contributed by atoms with Gasteiger partial charge < -0.3 is 10.6 Å². The predicted octanol–water partition coefficient (Wildman–Crippen LogP) is 3.35. The molecule has 0 bridgehead atoms. The first kappa shape index (κ1) is 17.0. The predicted molar refractivity (Wildman–Crippen MR) is 94.9 cm³/mol. The fourth-order valence-corrected chi connectivity index (χ4v) is 2.18. The molecule has 7 heteroatoms. The van der Waals surface area contributed by atoms with Crippen LogP contribution in [0.2, 0.25) is 0 Å². The number of nitriles is 1. The molecule has 2 N–H and O–H groups in total. The van der Waals surface area contributed by atoms with Crippen LogP contribution < -0.4 is 10.6 Å². The number of nitrogens with one attached hydrogen (secondary N) is 2. The third kappa shape index (κ3) is 4.19. The number of halogens is 1. The Morgan fingerprint density at radius 2 is 1.77 bits per heavy atom. The Balaban J connectivity index is 1.60. The first-order chi connectivity index (χ1) is 12.7. The van der Waals surface area contributed by atoms with E-state index in [0.29, 0.717) is 22.8 Å². The highest BCUT2D eigenvalue weighted by molar-refractivity contribution is 6.03. The number of rotatable bonds is 5. The van der Waals surface area contributed by atoms with Crippen molar-refractivity contribution in [2.45, 2.75) is 6.54 Å². The number of hydrogen-bond donors (Lipinski definition) is 2. The molecule has 0 fully saturated rings. The number of nitrogens with zero attached hydrogens (tertiary/aromatic N) is 3. The lowest BCUT2D eigenvalue weighted by Gasteiger charge is -2.07. The molecule has 0 unspecified atom stereocenters. The number of aromatic nitrogens is 2. The maximum atomic E-state index is 13.6. The van der Waals surface area contributed by atoms with Gasteiger partial charge >= 0.3 is 0 Å². The zero-order chi connectivity index (χ0) is 18.4. The fourth-order valence-electron chi connectivity index (χ4n) is 2.18. The maximum Gasteiger partial charge on any atom is 0.258 e. The standard InChI is InChI=1S/C19H14FN5O/c20-17-4-2-1-3-14(17)10-22-19-23-11-15(12-24-19)18(26)25-16-7-5-13(9-21)6-8-16/h1-8,11-12H,10H2,(H,25,26)(H,22,23,24). The molecule has 1 heterocycles. The van der Waals surface area contributed by atoms with Crippen LogP contribution in [0, 0.1) is 17.1 Å². The highest BCUT2D eigenvalue weighted by Crippen LogP contribution is 2.12. The third-order valence-corrected chi connectivity index (χ3v) is 3.58. The molecule has 6 nitrogen and oxygen atoms in total. The Kier molecular flexibility index (Phi) is 5.15. The molecule has 1 amide bonds. The van der Waals surface area contributed by atoms with Crippen molar-refractivity contribution in [3.63, 3.8) is 0 Å². The summed E-state index contributed by atoms with van der Waals surface area (Å²) in [5, 5.41) is 14.4. The molecule has 0 saturated heterocycles. The molecular weight excluding hydrogens is 333 g/mol. The average Bonchev–Trinajstić information content (AvgIpc) is 2.68. The van der Waals surface area contributed by atoms with E-state index >= 15 is 0 Å². The van der Waals surface area contributed by atoms with E-state index in [1.54, 1.807) is 42.5 Å². The molecule has 3 rings (SSSR count). The van der Waals surface area contributed by atoms with E-state index in [2.05, 4.69) is 20.6 Å². The van der Waals surface area contributed by atoms with Crippen molar-refractivity contribution >= 4 is 17.5 Å². The van der Waals surface area contributed by atoms with E-state index < -0.39 is 0 Å². The van der Waals surface area contributed by atoms with E-state index in [-0.39, 0.29) is 23.8 Å². The Morgan fingerprint density at radius 3 is 2.42 bits per heavy atom. The van der Waals surface area contributed by atoms with E-state index in [0.717, 1.165) is 0 Å². The van der Waals surface area contributed by atoms with E-state index in [1.165, 1.54) is 18.5 Å². The van der Waals surface area contributed by atoms with Crippen LogP contribution in [0.25, 0.3) is 0 Å². The topological polar surface area (TPSA) is 90.7 Å². The van der Waals surface area contributed by atoms with Crippen LogP contribution in [-0.4, -0.2) is 15.9 Å². The Labute approximate surface area is 149 Å². The van der Waals surface area contributed by atoms with E-state index in [9.17, 15) is 9.18 Å². The molecule has 0 atom stereocenters. The number of benzene rings is 2. The summed E-state index contributed by atoms with van der Waals surface area (Å²) in [4.78, 5) is 20.3. The fraction of sp³-hybridized carbons (Fsp3) is 0.0526. The lowest BCUT2D eigenvalue weighted by molar-refractivity contribution is 0.102. The molecule has 0 spiro atoms. The minimum absolute atomic E-state index is 0.240. The summed E-state index contributed by atoms with van der Waals surface area (Å²) in [5.41, 5.74) is 1.86. The second-order valence-electron chi connectivity index (χ2n) is 5.38. The zero-order valence-electron chi connectivity index (χ0n) is 13.6. The van der Waals surface area contributed by atoms with Crippen molar-refractivity contribution in [2.24, 2.45) is 0 Å². The summed E-state index contributed by atoms with van der Waals surface area (Å²) in [6.07, 6.45) is 2.77. The molecule has 2 aromatic carbocycles. The van der Waals surface area contributed by atoms with E-state index in [4.69, 9.17) is 5.26 Å².